The van der Waals surface area contributed by atoms with Crippen molar-refractivity contribution in [3.05, 3.63) is 29.3 Å². The van der Waals surface area contributed by atoms with E-state index in [0.29, 0.717) is 24.0 Å². The molecule has 1 aromatic carbocycles. The molecule has 1 aromatic rings. The molecule has 3 rings (SSSR count). The van der Waals surface area contributed by atoms with Crippen LogP contribution in [-0.2, 0) is 30.8 Å². The number of aliphatic carboxylic acids is 1. The van der Waals surface area contributed by atoms with Crippen molar-refractivity contribution in [1.82, 2.24) is 10.2 Å². The second kappa shape index (κ2) is 10.9. The van der Waals surface area contributed by atoms with Gasteiger partial charge in [0.1, 0.15) is 6.04 Å². The van der Waals surface area contributed by atoms with Gasteiger partial charge in [-0.25, -0.2) is 8.42 Å². The Morgan fingerprint density at radius 1 is 1.03 bits per heavy atom. The topological polar surface area (TPSA) is 138 Å². The molecule has 10 heteroatoms. The molecule has 180 valence electrons. The van der Waals surface area contributed by atoms with Gasteiger partial charge in [0.25, 0.3) is 5.91 Å². The first-order valence-corrected chi connectivity index (χ1v) is 13.1. The highest BCUT2D eigenvalue weighted by molar-refractivity contribution is 7.91. The summed E-state index contributed by atoms with van der Waals surface area (Å²) in [6, 6.07) is 3.85. The molecule has 0 aliphatic carbocycles. The number of carbonyl (C=O) groups excluding carboxylic acids is 3. The van der Waals surface area contributed by atoms with Crippen LogP contribution in [0.5, 0.6) is 0 Å². The van der Waals surface area contributed by atoms with E-state index in [9.17, 15) is 27.6 Å². The van der Waals surface area contributed by atoms with Gasteiger partial charge in [0.05, 0.1) is 10.6 Å². The molecule has 2 aliphatic heterocycles. The van der Waals surface area contributed by atoms with Gasteiger partial charge in [-0.05, 0) is 31.4 Å². The first-order chi connectivity index (χ1) is 15.7. The van der Waals surface area contributed by atoms with Crippen LogP contribution in [0.15, 0.2) is 23.1 Å². The van der Waals surface area contributed by atoms with E-state index in [0.717, 1.165) is 32.1 Å². The minimum absolute atomic E-state index is 0.0188. The van der Waals surface area contributed by atoms with Crippen LogP contribution < -0.4 is 5.32 Å². The highest BCUT2D eigenvalue weighted by Crippen LogP contribution is 2.32. The number of fused-ring (bicyclic) bond motifs is 1. The normalized spacial score (nSPS) is 18.4. The molecule has 2 aliphatic rings. The summed E-state index contributed by atoms with van der Waals surface area (Å²) in [7, 11) is -3.60. The van der Waals surface area contributed by atoms with Crippen LogP contribution in [0.25, 0.3) is 0 Å². The Morgan fingerprint density at radius 2 is 1.70 bits per heavy atom. The number of benzene rings is 1. The lowest BCUT2D eigenvalue weighted by Gasteiger charge is -2.29. The number of carboxylic acid groups (broad SMARTS) is 1. The molecule has 2 heterocycles. The predicted molar refractivity (Wildman–Crippen MR) is 119 cm³/mol. The fourth-order valence-corrected chi connectivity index (χ4v) is 6.05. The number of imide groups is 1. The second-order valence-electron chi connectivity index (χ2n) is 8.62. The van der Waals surface area contributed by atoms with Gasteiger partial charge in [-0.15, -0.1) is 0 Å². The van der Waals surface area contributed by atoms with Crippen LogP contribution in [0.2, 0.25) is 0 Å². The van der Waals surface area contributed by atoms with E-state index in [2.05, 4.69) is 5.32 Å². The van der Waals surface area contributed by atoms with E-state index in [1.54, 1.807) is 12.1 Å². The SMILES string of the molecule is O=C(O)CCCCCCCCCS(=O)(=O)c1cccc2c1CN(C1CCC(=O)NC1=O)C2=O. The van der Waals surface area contributed by atoms with Gasteiger partial charge in [-0.2, -0.15) is 0 Å². The van der Waals surface area contributed by atoms with Crippen molar-refractivity contribution in [2.24, 2.45) is 0 Å². The molecule has 0 bridgehead atoms. The van der Waals surface area contributed by atoms with Crippen molar-refractivity contribution in [2.45, 2.75) is 81.7 Å². The third-order valence-electron chi connectivity index (χ3n) is 6.18. The highest BCUT2D eigenvalue weighted by Gasteiger charge is 2.40. The van der Waals surface area contributed by atoms with E-state index in [-0.39, 0.29) is 48.3 Å². The number of amides is 3. The Hall–Kier alpha value is -2.75. The number of hydrogen-bond donors (Lipinski definition) is 2. The molecule has 0 aromatic heterocycles. The Balaban J connectivity index is 1.55. The Labute approximate surface area is 193 Å². The van der Waals surface area contributed by atoms with Crippen LogP contribution >= 0.6 is 0 Å². The molecule has 2 N–H and O–H groups in total. The molecule has 1 fully saturated rings. The zero-order valence-electron chi connectivity index (χ0n) is 18.5. The van der Waals surface area contributed by atoms with E-state index in [1.807, 2.05) is 0 Å². The van der Waals surface area contributed by atoms with Gasteiger partial charge < -0.3 is 10.0 Å². The van der Waals surface area contributed by atoms with Crippen LogP contribution in [0.4, 0.5) is 0 Å². The number of rotatable bonds is 12. The van der Waals surface area contributed by atoms with Gasteiger partial charge in [0.2, 0.25) is 11.8 Å². The van der Waals surface area contributed by atoms with Crippen molar-refractivity contribution < 1.29 is 32.7 Å². The van der Waals surface area contributed by atoms with Gasteiger partial charge in [-0.1, -0.05) is 38.2 Å². The molecule has 0 radical (unpaired) electrons. The smallest absolute Gasteiger partial charge is 0.303 e. The first kappa shape index (κ1) is 24.9. The van der Waals surface area contributed by atoms with Crippen LogP contribution in [-0.4, -0.2) is 53.9 Å². The predicted octanol–water partition coefficient (Wildman–Crippen LogP) is 2.43. The maximum absolute atomic E-state index is 13.0. The molecule has 33 heavy (non-hydrogen) atoms. The summed E-state index contributed by atoms with van der Waals surface area (Å²) in [6.07, 6.45) is 6.10. The Morgan fingerprint density at radius 3 is 2.36 bits per heavy atom. The third-order valence-corrected chi connectivity index (χ3v) is 8.06. The summed E-state index contributed by atoms with van der Waals surface area (Å²) in [6.45, 7) is 0.0339. The molecule has 0 saturated carbocycles. The average Bonchev–Trinajstić information content (AvgIpc) is 3.08. The van der Waals surface area contributed by atoms with E-state index < -0.39 is 27.8 Å². The number of carbonyl (C=O) groups is 4. The summed E-state index contributed by atoms with van der Waals surface area (Å²) in [5.74, 6) is -2.09. The lowest BCUT2D eigenvalue weighted by molar-refractivity contribution is -0.138. The van der Waals surface area contributed by atoms with Crippen molar-refractivity contribution in [2.75, 3.05) is 5.75 Å². The molecule has 1 atom stereocenters. The van der Waals surface area contributed by atoms with Gasteiger partial charge >= 0.3 is 5.97 Å². The molecule has 9 nitrogen and oxygen atoms in total. The molecular weight excluding hydrogens is 448 g/mol. The molecule has 0 spiro atoms. The van der Waals surface area contributed by atoms with Crippen molar-refractivity contribution in [3.63, 3.8) is 0 Å². The summed E-state index contributed by atoms with van der Waals surface area (Å²) in [5, 5.41) is 10.9. The number of piperidine rings is 1. The lowest BCUT2D eigenvalue weighted by atomic mass is 10.0. The maximum atomic E-state index is 13.0. The summed E-state index contributed by atoms with van der Waals surface area (Å²) in [4.78, 5) is 48.5. The maximum Gasteiger partial charge on any atom is 0.303 e. The summed E-state index contributed by atoms with van der Waals surface area (Å²) < 4.78 is 26.0. The van der Waals surface area contributed by atoms with Crippen LogP contribution in [0.3, 0.4) is 0 Å². The minimum atomic E-state index is -3.60. The monoisotopic (exact) mass is 478 g/mol. The molecular formula is C23H30N2O7S. The molecule has 3 amide bonds. The average molecular weight is 479 g/mol. The Bertz CT molecular complexity index is 1040. The summed E-state index contributed by atoms with van der Waals surface area (Å²) >= 11 is 0. The molecule has 1 unspecified atom stereocenters. The van der Waals surface area contributed by atoms with Crippen molar-refractivity contribution in [3.8, 4) is 0 Å². The lowest BCUT2D eigenvalue weighted by Crippen LogP contribution is -2.52. The van der Waals surface area contributed by atoms with Gasteiger partial charge in [0, 0.05) is 30.5 Å². The number of nitrogens with one attached hydrogen (secondary N) is 1. The quantitative estimate of drug-likeness (QED) is 0.347. The fraction of sp³-hybridized carbons (Fsp3) is 0.565. The zero-order valence-corrected chi connectivity index (χ0v) is 19.4. The highest BCUT2D eigenvalue weighted by atomic mass is 32.2. The first-order valence-electron chi connectivity index (χ1n) is 11.4. The Kier molecular flexibility index (Phi) is 8.23. The standard InChI is InChI=1S/C23H30N2O7S/c26-20-13-12-18(22(29)24-20)25-15-17-16(23(25)30)9-8-10-19(17)33(31,32)14-7-5-3-1-2-4-6-11-21(27)28/h8-10,18H,1-7,11-15H2,(H,27,28)(H,24,26,29). The minimum Gasteiger partial charge on any atom is -0.481 e. The van der Waals surface area contributed by atoms with Gasteiger partial charge in [-0.3, -0.25) is 24.5 Å². The van der Waals surface area contributed by atoms with Gasteiger partial charge in [0.15, 0.2) is 9.84 Å². The van der Waals surface area contributed by atoms with E-state index in [4.69, 9.17) is 5.11 Å². The third kappa shape index (κ3) is 6.19. The van der Waals surface area contributed by atoms with E-state index in [1.165, 1.54) is 11.0 Å². The number of carboxylic acids is 1. The van der Waals surface area contributed by atoms with E-state index >= 15 is 0 Å². The number of nitrogens with zero attached hydrogens (tertiary/aromatic N) is 1. The number of sulfone groups is 1. The number of unbranched alkanes of at least 4 members (excludes halogenated alkanes) is 6. The zero-order chi connectivity index (χ0) is 24.0. The van der Waals surface area contributed by atoms with Crippen molar-refractivity contribution in [1.29, 1.82) is 0 Å². The second-order valence-corrected chi connectivity index (χ2v) is 10.7. The number of hydrogen-bond acceptors (Lipinski definition) is 6. The van der Waals surface area contributed by atoms with Crippen molar-refractivity contribution >= 4 is 33.5 Å². The van der Waals surface area contributed by atoms with Crippen LogP contribution in [0.1, 0.15) is 80.1 Å². The summed E-state index contributed by atoms with van der Waals surface area (Å²) in [5.41, 5.74) is 0.716. The van der Waals surface area contributed by atoms with Crippen LogP contribution in [0, 0.1) is 0 Å². The fourth-order valence-electron chi connectivity index (χ4n) is 4.41. The largest absolute Gasteiger partial charge is 0.481 e. The molecule has 1 saturated heterocycles.